The molecule has 2 amide bonds. The van der Waals surface area contributed by atoms with Crippen LogP contribution >= 0.6 is 11.3 Å². The first-order chi connectivity index (χ1) is 24.0. The second kappa shape index (κ2) is 16.1. The number of carbonyl (C=O) groups excluding carboxylic acids is 3. The normalized spacial score (nSPS) is 11.5. The van der Waals surface area contributed by atoms with Crippen molar-refractivity contribution >= 4 is 34.8 Å². The third-order valence-electron chi connectivity index (χ3n) is 7.90. The van der Waals surface area contributed by atoms with Crippen molar-refractivity contribution < 1.29 is 33.4 Å². The number of methoxy groups -OCH3 is 2. The van der Waals surface area contributed by atoms with Gasteiger partial charge in [-0.1, -0.05) is 18.2 Å². The number of phenolic OH excluding ortho intramolecular Hbond substituents is 1. The first-order valence-corrected chi connectivity index (χ1v) is 16.8. The number of nitrogens with zero attached hydrogens (tertiary/aromatic N) is 3. The van der Waals surface area contributed by atoms with Crippen LogP contribution < -0.4 is 15.4 Å². The molecular formula is C37H39N5O7S. The van der Waals surface area contributed by atoms with Gasteiger partial charge in [0, 0.05) is 47.4 Å². The molecule has 12 nitrogen and oxygen atoms in total. The largest absolute Gasteiger partial charge is 0.506 e. The molecule has 5 aromatic rings. The van der Waals surface area contributed by atoms with Crippen LogP contribution in [0.5, 0.6) is 11.5 Å². The summed E-state index contributed by atoms with van der Waals surface area (Å²) in [5.74, 6) is -0.450. The van der Waals surface area contributed by atoms with E-state index in [9.17, 15) is 19.5 Å². The highest BCUT2D eigenvalue weighted by atomic mass is 32.1. The molecule has 0 saturated heterocycles. The summed E-state index contributed by atoms with van der Waals surface area (Å²) in [5.41, 5.74) is 4.18. The van der Waals surface area contributed by atoms with Crippen molar-refractivity contribution in [3.63, 3.8) is 0 Å². The fourth-order valence-corrected chi connectivity index (χ4v) is 6.03. The maximum absolute atomic E-state index is 13.6. The summed E-state index contributed by atoms with van der Waals surface area (Å²) in [6, 6.07) is 17.6. The Hall–Kier alpha value is -5.69. The number of rotatable bonds is 14. The van der Waals surface area contributed by atoms with E-state index in [4.69, 9.17) is 13.9 Å². The second-order valence-electron chi connectivity index (χ2n) is 11.8. The minimum atomic E-state index is -0.676. The molecule has 2 aromatic heterocycles. The number of hydrogen-bond donors (Lipinski definition) is 3. The Morgan fingerprint density at radius 1 is 1.02 bits per heavy atom. The Morgan fingerprint density at radius 2 is 1.82 bits per heavy atom. The van der Waals surface area contributed by atoms with Gasteiger partial charge in [0.1, 0.15) is 22.8 Å². The second-order valence-corrected chi connectivity index (χ2v) is 12.8. The third kappa shape index (κ3) is 9.05. The number of carbonyl (C=O) groups is 3. The smallest absolute Gasteiger partial charge is 0.360 e. The Morgan fingerprint density at radius 3 is 2.54 bits per heavy atom. The van der Waals surface area contributed by atoms with Gasteiger partial charge in [0.15, 0.2) is 5.69 Å². The molecule has 0 bridgehead atoms. The fourth-order valence-electron chi connectivity index (χ4n) is 5.21. The highest BCUT2D eigenvalue weighted by molar-refractivity contribution is 7.09. The first kappa shape index (κ1) is 35.6. The van der Waals surface area contributed by atoms with Gasteiger partial charge in [0.05, 0.1) is 26.5 Å². The van der Waals surface area contributed by atoms with Crippen LogP contribution in [-0.4, -0.2) is 65.1 Å². The summed E-state index contributed by atoms with van der Waals surface area (Å²) in [5, 5.41) is 19.6. The van der Waals surface area contributed by atoms with E-state index < -0.39 is 11.9 Å². The number of aryl methyl sites for hydroxylation is 2. The first-order valence-electron chi connectivity index (χ1n) is 15.9. The van der Waals surface area contributed by atoms with Crippen LogP contribution in [0.1, 0.15) is 66.4 Å². The van der Waals surface area contributed by atoms with Crippen molar-refractivity contribution in [3.8, 4) is 23.0 Å². The molecule has 3 N–H and O–H groups in total. The molecule has 13 heteroatoms. The van der Waals surface area contributed by atoms with Crippen molar-refractivity contribution in [2.45, 2.75) is 45.8 Å². The van der Waals surface area contributed by atoms with Crippen LogP contribution in [-0.2, 0) is 24.2 Å². The van der Waals surface area contributed by atoms with Gasteiger partial charge in [-0.25, -0.2) is 14.8 Å². The van der Waals surface area contributed by atoms with Gasteiger partial charge >= 0.3 is 5.97 Å². The molecule has 5 rings (SSSR count). The van der Waals surface area contributed by atoms with Gasteiger partial charge in [-0.05, 0) is 80.3 Å². The highest BCUT2D eigenvalue weighted by Gasteiger charge is 2.21. The number of thiazole rings is 1. The minimum absolute atomic E-state index is 0.0400. The van der Waals surface area contributed by atoms with Crippen molar-refractivity contribution in [3.05, 3.63) is 111 Å². The Balaban J connectivity index is 1.26. The van der Waals surface area contributed by atoms with Crippen molar-refractivity contribution in [1.29, 1.82) is 0 Å². The fraction of sp³-hybridized carbons (Fsp3) is 0.270. The standard InChI is InChI=1S/C37H39N5O7S/c1-22(9-10-24-11-12-30(32(43)14-24)38-18-25-7-6-8-29(13-25)47-4)40-34(44)26-15-27(35-41-31(20-49-35)37(46)48-5)17-28(16-26)36(45)42(3)19-33-39-23(2)21-50-33/h6-8,11-17,20-22,38,43H,9-10,18-19H2,1-5H3,(H,40,44). The molecule has 3 aromatic carbocycles. The number of phenols is 1. The summed E-state index contributed by atoms with van der Waals surface area (Å²) < 4.78 is 15.5. The molecule has 260 valence electrons. The van der Waals surface area contributed by atoms with Crippen molar-refractivity contribution in [2.75, 3.05) is 26.6 Å². The van der Waals surface area contributed by atoms with E-state index in [-0.39, 0.29) is 40.4 Å². The molecule has 2 heterocycles. The number of nitrogens with one attached hydrogen (secondary N) is 2. The van der Waals surface area contributed by atoms with E-state index in [2.05, 4.69) is 20.6 Å². The molecule has 0 fully saturated rings. The van der Waals surface area contributed by atoms with Crippen LogP contribution in [0.2, 0.25) is 0 Å². The third-order valence-corrected chi connectivity index (χ3v) is 8.85. The van der Waals surface area contributed by atoms with E-state index in [0.29, 0.717) is 37.2 Å². The van der Waals surface area contributed by atoms with Gasteiger partial charge in [-0.3, -0.25) is 9.59 Å². The Bertz CT molecular complexity index is 1990. The molecule has 0 radical (unpaired) electrons. The average molecular weight is 698 g/mol. The van der Waals surface area contributed by atoms with Gasteiger partial charge in [0.25, 0.3) is 11.8 Å². The average Bonchev–Trinajstić information content (AvgIpc) is 3.78. The van der Waals surface area contributed by atoms with Gasteiger partial charge < -0.3 is 34.5 Å². The van der Waals surface area contributed by atoms with E-state index in [1.807, 2.05) is 55.6 Å². The lowest BCUT2D eigenvalue weighted by Crippen LogP contribution is -2.33. The number of anilines is 1. The number of aromatic hydroxyl groups is 1. The van der Waals surface area contributed by atoms with E-state index in [1.54, 1.807) is 32.4 Å². The predicted octanol–water partition coefficient (Wildman–Crippen LogP) is 6.24. The zero-order chi connectivity index (χ0) is 35.8. The molecule has 0 aliphatic rings. The summed E-state index contributed by atoms with van der Waals surface area (Å²) >= 11 is 1.46. The summed E-state index contributed by atoms with van der Waals surface area (Å²) in [7, 11) is 4.52. The maximum Gasteiger partial charge on any atom is 0.360 e. The zero-order valence-corrected chi connectivity index (χ0v) is 29.3. The minimum Gasteiger partial charge on any atom is -0.506 e. The number of aromatic nitrogens is 2. The van der Waals surface area contributed by atoms with E-state index in [1.165, 1.54) is 29.4 Å². The molecule has 0 aliphatic carbocycles. The number of hydrogen-bond acceptors (Lipinski definition) is 11. The topological polar surface area (TPSA) is 156 Å². The van der Waals surface area contributed by atoms with Crippen molar-refractivity contribution in [2.24, 2.45) is 0 Å². The summed E-state index contributed by atoms with van der Waals surface area (Å²) in [6.45, 7) is 4.59. The van der Waals surface area contributed by atoms with E-state index in [0.717, 1.165) is 33.8 Å². The highest BCUT2D eigenvalue weighted by Crippen LogP contribution is 2.27. The summed E-state index contributed by atoms with van der Waals surface area (Å²) in [6.07, 6.45) is 2.35. The van der Waals surface area contributed by atoms with Gasteiger partial charge in [-0.15, -0.1) is 11.3 Å². The molecule has 0 aliphatic heterocycles. The van der Waals surface area contributed by atoms with Crippen LogP contribution in [0.25, 0.3) is 11.5 Å². The molecule has 50 heavy (non-hydrogen) atoms. The van der Waals surface area contributed by atoms with Gasteiger partial charge in [-0.2, -0.15) is 0 Å². The molecular weight excluding hydrogens is 659 g/mol. The maximum atomic E-state index is 13.6. The molecule has 1 atom stereocenters. The number of esters is 1. The Kier molecular flexibility index (Phi) is 11.5. The lowest BCUT2D eigenvalue weighted by molar-refractivity contribution is 0.0593. The SMILES string of the molecule is COC(=O)c1coc(-c2cc(C(=O)NC(C)CCc3ccc(NCc4cccc(OC)c4)c(O)c3)cc(C(=O)N(C)Cc3nc(C)cs3)c2)n1. The zero-order valence-electron chi connectivity index (χ0n) is 28.5. The monoisotopic (exact) mass is 697 g/mol. The predicted molar refractivity (Wildman–Crippen MR) is 190 cm³/mol. The quantitative estimate of drug-likeness (QED) is 0.0897. The van der Waals surface area contributed by atoms with Crippen LogP contribution in [0, 0.1) is 6.92 Å². The van der Waals surface area contributed by atoms with Crippen LogP contribution in [0.3, 0.4) is 0 Å². The number of amides is 2. The Labute approximate surface area is 294 Å². The summed E-state index contributed by atoms with van der Waals surface area (Å²) in [4.78, 5) is 49.3. The van der Waals surface area contributed by atoms with Crippen molar-refractivity contribution in [1.82, 2.24) is 20.2 Å². The number of benzene rings is 3. The molecule has 0 saturated carbocycles. The van der Waals surface area contributed by atoms with Gasteiger partial charge in [0.2, 0.25) is 5.89 Å². The molecule has 1 unspecified atom stereocenters. The number of oxazole rings is 1. The van der Waals surface area contributed by atoms with Crippen LogP contribution in [0.4, 0.5) is 5.69 Å². The number of ether oxygens (including phenoxy) is 2. The lowest BCUT2D eigenvalue weighted by Gasteiger charge is -2.18. The molecule has 0 spiro atoms. The van der Waals surface area contributed by atoms with Crippen LogP contribution in [0.15, 0.2) is 76.7 Å². The lowest BCUT2D eigenvalue weighted by atomic mass is 10.0. The van der Waals surface area contributed by atoms with E-state index >= 15 is 0 Å².